The van der Waals surface area contributed by atoms with E-state index in [1.54, 1.807) is 0 Å². The summed E-state index contributed by atoms with van der Waals surface area (Å²) in [5.41, 5.74) is 0. The summed E-state index contributed by atoms with van der Waals surface area (Å²) in [5.74, 6) is 1.58. The number of carbonyl (C=O) groups is 1. The summed E-state index contributed by atoms with van der Waals surface area (Å²) < 4.78 is 0. The highest BCUT2D eigenvalue weighted by atomic mass is 32.2. The number of thioether (sulfide) groups is 1. The molecule has 1 aliphatic heterocycles. The van der Waals surface area contributed by atoms with Gasteiger partial charge in [0.15, 0.2) is 0 Å². The Kier molecular flexibility index (Phi) is 5.16. The van der Waals surface area contributed by atoms with Crippen LogP contribution in [0.3, 0.4) is 0 Å². The maximum absolute atomic E-state index is 12.0. The van der Waals surface area contributed by atoms with Crippen molar-refractivity contribution in [3.05, 3.63) is 0 Å². The predicted molar refractivity (Wildman–Crippen MR) is 73.4 cm³/mol. The van der Waals surface area contributed by atoms with Gasteiger partial charge in [-0.05, 0) is 38.4 Å². The molecular formula is C13H24N2OS. The summed E-state index contributed by atoms with van der Waals surface area (Å²) >= 11 is 2.06. The second-order valence-corrected chi connectivity index (χ2v) is 6.44. The Balaban J connectivity index is 1.61. The lowest BCUT2D eigenvalue weighted by Gasteiger charge is -2.23. The van der Waals surface area contributed by atoms with Crippen molar-refractivity contribution in [3.63, 3.8) is 0 Å². The lowest BCUT2D eigenvalue weighted by molar-refractivity contribution is -0.130. The van der Waals surface area contributed by atoms with E-state index in [0.29, 0.717) is 12.6 Å². The summed E-state index contributed by atoms with van der Waals surface area (Å²) in [5, 5.41) is 4.07. The van der Waals surface area contributed by atoms with E-state index in [1.807, 2.05) is 4.90 Å². The van der Waals surface area contributed by atoms with Crippen LogP contribution in [-0.4, -0.2) is 47.5 Å². The van der Waals surface area contributed by atoms with Crippen LogP contribution in [0.4, 0.5) is 0 Å². The minimum absolute atomic E-state index is 0.288. The number of carbonyl (C=O) groups excluding carboxylic acids is 1. The fourth-order valence-corrected chi connectivity index (χ4v) is 3.71. The second kappa shape index (κ2) is 6.64. The molecule has 0 radical (unpaired) electrons. The quantitative estimate of drug-likeness (QED) is 0.787. The Hall–Kier alpha value is -0.220. The molecule has 2 rings (SSSR count). The fourth-order valence-electron chi connectivity index (χ4n) is 2.43. The lowest BCUT2D eigenvalue weighted by Crippen LogP contribution is -2.41. The number of hydrogen-bond donors (Lipinski definition) is 1. The number of rotatable bonds is 6. The highest BCUT2D eigenvalue weighted by Gasteiger charge is 2.30. The van der Waals surface area contributed by atoms with Gasteiger partial charge in [0.1, 0.15) is 0 Å². The van der Waals surface area contributed by atoms with E-state index in [-0.39, 0.29) is 5.91 Å². The smallest absolute Gasteiger partial charge is 0.236 e. The third-order valence-corrected chi connectivity index (χ3v) is 4.97. The number of likely N-dealkylation sites (N-methyl/N-ethyl adjacent to an activating group) is 1. The average Bonchev–Trinajstić information content (AvgIpc) is 3.16. The third-order valence-electron chi connectivity index (χ3n) is 3.57. The Bertz CT molecular complexity index is 250. The molecule has 98 valence electrons. The van der Waals surface area contributed by atoms with Crippen molar-refractivity contribution in [1.82, 2.24) is 10.2 Å². The van der Waals surface area contributed by atoms with Crippen molar-refractivity contribution >= 4 is 17.7 Å². The minimum Gasteiger partial charge on any atom is -0.339 e. The SMILES string of the molecule is CCN(C(=O)CNCC1CCCCS1)C1CC1. The molecule has 17 heavy (non-hydrogen) atoms. The Morgan fingerprint density at radius 3 is 2.76 bits per heavy atom. The Morgan fingerprint density at radius 1 is 1.35 bits per heavy atom. The van der Waals surface area contributed by atoms with Gasteiger partial charge in [0.05, 0.1) is 6.54 Å². The van der Waals surface area contributed by atoms with Crippen LogP contribution >= 0.6 is 11.8 Å². The average molecular weight is 256 g/mol. The third kappa shape index (κ3) is 4.18. The molecule has 1 aliphatic carbocycles. The number of nitrogens with zero attached hydrogens (tertiary/aromatic N) is 1. The van der Waals surface area contributed by atoms with Gasteiger partial charge in [-0.3, -0.25) is 4.79 Å². The van der Waals surface area contributed by atoms with Crippen molar-refractivity contribution in [2.24, 2.45) is 0 Å². The van der Waals surface area contributed by atoms with Crippen LogP contribution in [0.1, 0.15) is 39.0 Å². The molecule has 0 aromatic rings. The first-order chi connectivity index (χ1) is 8.31. The van der Waals surface area contributed by atoms with Crippen molar-refractivity contribution in [2.75, 3.05) is 25.4 Å². The molecule has 0 aromatic heterocycles. The van der Waals surface area contributed by atoms with Crippen LogP contribution in [0.15, 0.2) is 0 Å². The number of nitrogens with one attached hydrogen (secondary N) is 1. The van der Waals surface area contributed by atoms with E-state index in [2.05, 4.69) is 24.0 Å². The Labute approximate surface area is 109 Å². The second-order valence-electron chi connectivity index (χ2n) is 5.03. The molecule has 0 spiro atoms. The molecule has 2 fully saturated rings. The molecular weight excluding hydrogens is 232 g/mol. The highest BCUT2D eigenvalue weighted by Crippen LogP contribution is 2.26. The summed E-state index contributed by atoms with van der Waals surface area (Å²) in [6, 6.07) is 0.554. The van der Waals surface area contributed by atoms with Gasteiger partial charge in [-0.2, -0.15) is 11.8 Å². The van der Waals surface area contributed by atoms with E-state index in [1.165, 1.54) is 37.9 Å². The van der Waals surface area contributed by atoms with Crippen molar-refractivity contribution in [1.29, 1.82) is 0 Å². The van der Waals surface area contributed by atoms with E-state index in [0.717, 1.165) is 18.3 Å². The summed E-state index contributed by atoms with van der Waals surface area (Å²) in [6.07, 6.45) is 6.45. The molecule has 0 bridgehead atoms. The maximum atomic E-state index is 12.0. The van der Waals surface area contributed by atoms with Crippen LogP contribution in [0.2, 0.25) is 0 Å². The molecule has 4 heteroatoms. The first kappa shape index (κ1) is 13.2. The molecule has 1 saturated heterocycles. The van der Waals surface area contributed by atoms with E-state index >= 15 is 0 Å². The normalized spacial score (nSPS) is 24.6. The van der Waals surface area contributed by atoms with Gasteiger partial charge in [-0.15, -0.1) is 0 Å². The van der Waals surface area contributed by atoms with Gasteiger partial charge in [-0.1, -0.05) is 6.42 Å². The monoisotopic (exact) mass is 256 g/mol. The fraction of sp³-hybridized carbons (Fsp3) is 0.923. The first-order valence-corrected chi connectivity index (χ1v) is 7.98. The zero-order valence-electron chi connectivity index (χ0n) is 10.8. The lowest BCUT2D eigenvalue weighted by atomic mass is 10.2. The minimum atomic E-state index is 0.288. The zero-order valence-corrected chi connectivity index (χ0v) is 11.6. The molecule has 1 saturated carbocycles. The van der Waals surface area contributed by atoms with Gasteiger partial charge >= 0.3 is 0 Å². The largest absolute Gasteiger partial charge is 0.339 e. The first-order valence-electron chi connectivity index (χ1n) is 6.93. The zero-order chi connectivity index (χ0) is 12.1. The molecule has 1 heterocycles. The summed E-state index contributed by atoms with van der Waals surface area (Å²) in [4.78, 5) is 14.0. The van der Waals surface area contributed by atoms with Crippen molar-refractivity contribution in [2.45, 2.75) is 50.3 Å². The van der Waals surface area contributed by atoms with Gasteiger partial charge in [0.25, 0.3) is 0 Å². The topological polar surface area (TPSA) is 32.3 Å². The van der Waals surface area contributed by atoms with Gasteiger partial charge in [-0.25, -0.2) is 0 Å². The summed E-state index contributed by atoms with van der Waals surface area (Å²) in [7, 11) is 0. The molecule has 2 aliphatic rings. The number of amides is 1. The molecule has 0 aromatic carbocycles. The van der Waals surface area contributed by atoms with E-state index < -0.39 is 0 Å². The van der Waals surface area contributed by atoms with E-state index in [9.17, 15) is 4.79 Å². The van der Waals surface area contributed by atoms with Gasteiger partial charge in [0.2, 0.25) is 5.91 Å². The van der Waals surface area contributed by atoms with Crippen molar-refractivity contribution < 1.29 is 4.79 Å². The maximum Gasteiger partial charge on any atom is 0.236 e. The number of hydrogen-bond acceptors (Lipinski definition) is 3. The van der Waals surface area contributed by atoms with Gasteiger partial charge in [0, 0.05) is 24.4 Å². The molecule has 1 unspecified atom stereocenters. The summed E-state index contributed by atoms with van der Waals surface area (Å²) in [6.45, 7) is 4.47. The van der Waals surface area contributed by atoms with Crippen LogP contribution in [0, 0.1) is 0 Å². The van der Waals surface area contributed by atoms with Crippen molar-refractivity contribution in [3.8, 4) is 0 Å². The molecule has 3 nitrogen and oxygen atoms in total. The standard InChI is InChI=1S/C13H24N2OS/c1-2-15(11-6-7-11)13(16)10-14-9-12-5-3-4-8-17-12/h11-12,14H,2-10H2,1H3. The van der Waals surface area contributed by atoms with Gasteiger partial charge < -0.3 is 10.2 Å². The molecule has 1 atom stereocenters. The Morgan fingerprint density at radius 2 is 2.18 bits per heavy atom. The van der Waals surface area contributed by atoms with Crippen LogP contribution in [0.5, 0.6) is 0 Å². The van der Waals surface area contributed by atoms with Crippen LogP contribution in [0.25, 0.3) is 0 Å². The van der Waals surface area contributed by atoms with Crippen LogP contribution < -0.4 is 5.32 Å². The van der Waals surface area contributed by atoms with E-state index in [4.69, 9.17) is 0 Å². The predicted octanol–water partition coefficient (Wildman–Crippen LogP) is 1.87. The molecule has 1 N–H and O–H groups in total. The highest BCUT2D eigenvalue weighted by molar-refractivity contribution is 7.99. The molecule has 1 amide bonds. The van der Waals surface area contributed by atoms with Crippen LogP contribution in [-0.2, 0) is 4.79 Å².